The zero-order chi connectivity index (χ0) is 12.4. The quantitative estimate of drug-likeness (QED) is 0.853. The Balaban J connectivity index is 2.23. The highest BCUT2D eigenvalue weighted by atomic mass is 19.1. The van der Waals surface area contributed by atoms with Crippen LogP contribution in [0.4, 0.5) is 15.9 Å². The topological polar surface area (TPSA) is 67.2 Å². The van der Waals surface area contributed by atoms with Gasteiger partial charge in [0, 0.05) is 25.0 Å². The average molecular weight is 235 g/mol. The van der Waals surface area contributed by atoms with Gasteiger partial charge in [0.05, 0.1) is 5.56 Å². The molecule has 2 aromatic rings. The van der Waals surface area contributed by atoms with E-state index in [1.54, 1.807) is 24.0 Å². The second-order valence-electron chi connectivity index (χ2n) is 3.50. The van der Waals surface area contributed by atoms with E-state index in [1.165, 1.54) is 12.1 Å². The first-order chi connectivity index (χ1) is 8.06. The maximum absolute atomic E-state index is 13.4. The number of carbonyl (C=O) groups is 1. The molecule has 0 spiro atoms. The van der Waals surface area contributed by atoms with Crippen molar-refractivity contribution in [2.24, 2.45) is 7.05 Å². The van der Waals surface area contributed by atoms with Gasteiger partial charge in [0.15, 0.2) is 5.82 Å². The molecule has 0 aliphatic heterocycles. The van der Waals surface area contributed by atoms with Gasteiger partial charge in [0.2, 0.25) is 0 Å². The molecule has 1 aromatic heterocycles. The summed E-state index contributed by atoms with van der Waals surface area (Å²) < 4.78 is 15.0. The zero-order valence-corrected chi connectivity index (χ0v) is 9.01. The highest BCUT2D eigenvalue weighted by molar-refractivity contribution is 5.88. The molecule has 1 heterocycles. The number of carboxylic acid groups (broad SMARTS) is 1. The van der Waals surface area contributed by atoms with E-state index in [9.17, 15) is 9.18 Å². The number of hydrogen-bond acceptors (Lipinski definition) is 3. The summed E-state index contributed by atoms with van der Waals surface area (Å²) in [7, 11) is 1.76. The van der Waals surface area contributed by atoms with Gasteiger partial charge in [-0.15, -0.1) is 0 Å². The third-order valence-corrected chi connectivity index (χ3v) is 2.19. The van der Waals surface area contributed by atoms with E-state index in [4.69, 9.17) is 5.11 Å². The molecule has 5 nitrogen and oxygen atoms in total. The van der Waals surface area contributed by atoms with Crippen LogP contribution in [0.3, 0.4) is 0 Å². The summed E-state index contributed by atoms with van der Waals surface area (Å²) in [5, 5.41) is 15.6. The number of nitrogens with zero attached hydrogens (tertiary/aromatic N) is 2. The largest absolute Gasteiger partial charge is 0.478 e. The molecule has 0 saturated heterocycles. The number of aromatic nitrogens is 2. The number of benzene rings is 1. The standard InChI is InChI=1S/C11H10FN3O2/c1-15-5-4-10(14-15)13-7-2-3-8(11(16)17)9(12)6-7/h2-6H,1H3,(H,13,14)(H,16,17). The number of nitrogens with one attached hydrogen (secondary N) is 1. The van der Waals surface area contributed by atoms with Crippen LogP contribution in [0.1, 0.15) is 10.4 Å². The third-order valence-electron chi connectivity index (χ3n) is 2.19. The molecule has 2 N–H and O–H groups in total. The van der Waals surface area contributed by atoms with E-state index in [1.807, 2.05) is 0 Å². The lowest BCUT2D eigenvalue weighted by Gasteiger charge is -2.04. The summed E-state index contributed by atoms with van der Waals surface area (Å²) in [6.45, 7) is 0. The van der Waals surface area contributed by atoms with Crippen LogP contribution in [0.5, 0.6) is 0 Å². The van der Waals surface area contributed by atoms with E-state index in [0.717, 1.165) is 6.07 Å². The van der Waals surface area contributed by atoms with Crippen molar-refractivity contribution in [3.63, 3.8) is 0 Å². The lowest BCUT2D eigenvalue weighted by Crippen LogP contribution is -2.01. The molecule has 6 heteroatoms. The Hall–Kier alpha value is -2.37. The van der Waals surface area contributed by atoms with Gasteiger partial charge in [-0.25, -0.2) is 9.18 Å². The summed E-state index contributed by atoms with van der Waals surface area (Å²) in [6.07, 6.45) is 1.74. The Morgan fingerprint density at radius 1 is 1.47 bits per heavy atom. The van der Waals surface area contributed by atoms with Gasteiger partial charge in [-0.3, -0.25) is 4.68 Å². The molecule has 0 unspecified atom stereocenters. The third kappa shape index (κ3) is 2.41. The van der Waals surface area contributed by atoms with Crippen LogP contribution in [0, 0.1) is 5.82 Å². The minimum absolute atomic E-state index is 0.350. The Kier molecular flexibility index (Phi) is 2.78. The summed E-state index contributed by atoms with van der Waals surface area (Å²) in [5.74, 6) is -1.50. The second kappa shape index (κ2) is 4.25. The van der Waals surface area contributed by atoms with Gasteiger partial charge in [0.25, 0.3) is 0 Å². The number of anilines is 2. The van der Waals surface area contributed by atoms with Crippen LogP contribution in [-0.2, 0) is 7.05 Å². The van der Waals surface area contributed by atoms with E-state index in [2.05, 4.69) is 10.4 Å². The predicted octanol–water partition coefficient (Wildman–Crippen LogP) is 2.00. The van der Waals surface area contributed by atoms with Gasteiger partial charge in [0.1, 0.15) is 5.82 Å². The molecule has 0 bridgehead atoms. The predicted molar refractivity (Wildman–Crippen MR) is 59.9 cm³/mol. The van der Waals surface area contributed by atoms with Crippen LogP contribution in [0.15, 0.2) is 30.5 Å². The van der Waals surface area contributed by atoms with E-state index >= 15 is 0 Å². The number of aryl methyl sites for hydroxylation is 1. The maximum Gasteiger partial charge on any atom is 0.338 e. The van der Waals surface area contributed by atoms with E-state index in [-0.39, 0.29) is 5.56 Å². The Morgan fingerprint density at radius 2 is 2.24 bits per heavy atom. The molecule has 1 aromatic carbocycles. The average Bonchev–Trinajstić information content (AvgIpc) is 2.63. The molecule has 0 radical (unpaired) electrons. The molecule has 0 fully saturated rings. The van der Waals surface area contributed by atoms with Crippen molar-refractivity contribution in [1.82, 2.24) is 9.78 Å². The van der Waals surface area contributed by atoms with Gasteiger partial charge in [-0.1, -0.05) is 0 Å². The second-order valence-corrected chi connectivity index (χ2v) is 3.50. The Morgan fingerprint density at radius 3 is 2.76 bits per heavy atom. The van der Waals surface area contributed by atoms with Gasteiger partial charge in [-0.2, -0.15) is 5.10 Å². The lowest BCUT2D eigenvalue weighted by molar-refractivity contribution is 0.0692. The first-order valence-electron chi connectivity index (χ1n) is 4.86. The molecular weight excluding hydrogens is 225 g/mol. The number of halogens is 1. The number of hydrogen-bond donors (Lipinski definition) is 2. The van der Waals surface area contributed by atoms with Crippen molar-refractivity contribution >= 4 is 17.5 Å². The molecule has 0 atom stereocenters. The van der Waals surface area contributed by atoms with Crippen molar-refractivity contribution in [2.45, 2.75) is 0 Å². The van der Waals surface area contributed by atoms with Crippen LogP contribution in [0.2, 0.25) is 0 Å². The van der Waals surface area contributed by atoms with Gasteiger partial charge >= 0.3 is 5.97 Å². The fraction of sp³-hybridized carbons (Fsp3) is 0.0909. The van der Waals surface area contributed by atoms with Crippen molar-refractivity contribution in [1.29, 1.82) is 0 Å². The lowest BCUT2D eigenvalue weighted by atomic mass is 10.2. The molecule has 88 valence electrons. The van der Waals surface area contributed by atoms with Crippen molar-refractivity contribution in [2.75, 3.05) is 5.32 Å². The van der Waals surface area contributed by atoms with Crippen LogP contribution < -0.4 is 5.32 Å². The fourth-order valence-corrected chi connectivity index (χ4v) is 1.40. The Bertz CT molecular complexity index is 566. The number of rotatable bonds is 3. The Labute approximate surface area is 96.5 Å². The zero-order valence-electron chi connectivity index (χ0n) is 9.01. The van der Waals surface area contributed by atoms with Crippen molar-refractivity contribution in [3.8, 4) is 0 Å². The first-order valence-corrected chi connectivity index (χ1v) is 4.86. The van der Waals surface area contributed by atoms with Crippen molar-refractivity contribution in [3.05, 3.63) is 41.8 Å². The highest BCUT2D eigenvalue weighted by Crippen LogP contribution is 2.18. The normalized spacial score (nSPS) is 10.2. The highest BCUT2D eigenvalue weighted by Gasteiger charge is 2.10. The number of carboxylic acids is 1. The van der Waals surface area contributed by atoms with Gasteiger partial charge in [-0.05, 0) is 18.2 Å². The summed E-state index contributed by atoms with van der Waals surface area (Å²) in [4.78, 5) is 10.6. The minimum Gasteiger partial charge on any atom is -0.478 e. The summed E-state index contributed by atoms with van der Waals surface area (Å²) >= 11 is 0. The smallest absolute Gasteiger partial charge is 0.338 e. The van der Waals surface area contributed by atoms with E-state index in [0.29, 0.717) is 11.5 Å². The first kappa shape index (κ1) is 11.1. The SMILES string of the molecule is Cn1ccc(Nc2ccc(C(=O)O)c(F)c2)n1. The van der Waals surface area contributed by atoms with Crippen LogP contribution in [0.25, 0.3) is 0 Å². The summed E-state index contributed by atoms with van der Waals surface area (Å²) in [5.41, 5.74) is 0.0998. The summed E-state index contributed by atoms with van der Waals surface area (Å²) in [6, 6.07) is 5.55. The number of aromatic carboxylic acids is 1. The molecule has 0 amide bonds. The minimum atomic E-state index is -1.29. The van der Waals surface area contributed by atoms with Gasteiger partial charge < -0.3 is 10.4 Å². The monoisotopic (exact) mass is 235 g/mol. The molecule has 0 saturated carbocycles. The van der Waals surface area contributed by atoms with Crippen LogP contribution in [-0.4, -0.2) is 20.9 Å². The van der Waals surface area contributed by atoms with Crippen molar-refractivity contribution < 1.29 is 14.3 Å². The molecule has 0 aliphatic rings. The molecule has 0 aliphatic carbocycles. The maximum atomic E-state index is 13.4. The molecule has 17 heavy (non-hydrogen) atoms. The fourth-order valence-electron chi connectivity index (χ4n) is 1.40. The molecular formula is C11H10FN3O2. The van der Waals surface area contributed by atoms with Crippen LogP contribution >= 0.6 is 0 Å². The molecule has 2 rings (SSSR count). The van der Waals surface area contributed by atoms with E-state index < -0.39 is 11.8 Å².